The summed E-state index contributed by atoms with van der Waals surface area (Å²) in [4.78, 5) is 31.0. The standard InChI is InChI=1S/C19H25N3O2S2/c1-12(2)16(18(24)22-9-7-13(8-10-22)17(20)23)26-19-21-15-6-4-3-5-14(15)11-25-19/h3-6,12-13,16H,7-11H2,1-2H3,(H2,20,23). The van der Waals surface area contributed by atoms with Crippen molar-refractivity contribution in [2.75, 3.05) is 13.1 Å². The molecule has 0 aliphatic carbocycles. The van der Waals surface area contributed by atoms with Gasteiger partial charge in [0.15, 0.2) is 0 Å². The molecule has 7 heteroatoms. The summed E-state index contributed by atoms with van der Waals surface area (Å²) in [7, 11) is 0. The van der Waals surface area contributed by atoms with Crippen molar-refractivity contribution in [1.82, 2.24) is 4.90 Å². The van der Waals surface area contributed by atoms with E-state index in [1.807, 2.05) is 23.1 Å². The van der Waals surface area contributed by atoms with E-state index in [9.17, 15) is 9.59 Å². The van der Waals surface area contributed by atoms with Crippen LogP contribution in [0.15, 0.2) is 29.3 Å². The van der Waals surface area contributed by atoms with Gasteiger partial charge in [-0.05, 0) is 30.4 Å². The van der Waals surface area contributed by atoms with E-state index >= 15 is 0 Å². The van der Waals surface area contributed by atoms with E-state index in [0.717, 1.165) is 15.8 Å². The number of amides is 2. The number of likely N-dealkylation sites (tertiary alicyclic amines) is 1. The number of fused-ring (bicyclic) bond motifs is 1. The van der Waals surface area contributed by atoms with E-state index in [4.69, 9.17) is 10.7 Å². The summed E-state index contributed by atoms with van der Waals surface area (Å²) in [5.41, 5.74) is 7.64. The molecule has 1 fully saturated rings. The lowest BCUT2D eigenvalue weighted by Gasteiger charge is -2.34. The van der Waals surface area contributed by atoms with Crippen LogP contribution < -0.4 is 5.73 Å². The Morgan fingerprint density at radius 3 is 2.62 bits per heavy atom. The number of aliphatic imine (C=N–C) groups is 1. The van der Waals surface area contributed by atoms with Crippen molar-refractivity contribution in [2.45, 2.75) is 37.7 Å². The summed E-state index contributed by atoms with van der Waals surface area (Å²) in [6.45, 7) is 5.37. The van der Waals surface area contributed by atoms with Gasteiger partial charge in [-0.2, -0.15) is 0 Å². The number of rotatable bonds is 4. The SMILES string of the molecule is CC(C)C(SC1=Nc2ccccc2CS1)C(=O)N1CCC(C(N)=O)CC1. The van der Waals surface area contributed by atoms with E-state index < -0.39 is 0 Å². The highest BCUT2D eigenvalue weighted by Crippen LogP contribution is 2.38. The highest BCUT2D eigenvalue weighted by atomic mass is 32.2. The lowest BCUT2D eigenvalue weighted by Crippen LogP contribution is -2.46. The topological polar surface area (TPSA) is 75.8 Å². The summed E-state index contributed by atoms with van der Waals surface area (Å²) < 4.78 is 0.961. The first kappa shape index (κ1) is 19.3. The average Bonchev–Trinajstić information content (AvgIpc) is 2.65. The van der Waals surface area contributed by atoms with E-state index in [1.165, 1.54) is 5.56 Å². The van der Waals surface area contributed by atoms with Gasteiger partial charge in [0.2, 0.25) is 11.8 Å². The molecule has 1 saturated heterocycles. The number of primary amides is 1. The fourth-order valence-electron chi connectivity index (χ4n) is 3.22. The molecular formula is C19H25N3O2S2. The number of carbonyl (C=O) groups is 2. The Labute approximate surface area is 163 Å². The molecule has 0 radical (unpaired) electrons. The van der Waals surface area contributed by atoms with Crippen LogP contribution in [0.5, 0.6) is 0 Å². The Kier molecular flexibility index (Phi) is 6.29. The van der Waals surface area contributed by atoms with Crippen LogP contribution in [0.2, 0.25) is 0 Å². The van der Waals surface area contributed by atoms with Gasteiger partial charge < -0.3 is 10.6 Å². The summed E-state index contributed by atoms with van der Waals surface area (Å²) >= 11 is 3.28. The quantitative estimate of drug-likeness (QED) is 0.853. The minimum Gasteiger partial charge on any atom is -0.369 e. The van der Waals surface area contributed by atoms with Gasteiger partial charge in [0.25, 0.3) is 0 Å². The molecule has 26 heavy (non-hydrogen) atoms. The van der Waals surface area contributed by atoms with Gasteiger partial charge in [-0.25, -0.2) is 4.99 Å². The van der Waals surface area contributed by atoms with E-state index in [1.54, 1.807) is 23.5 Å². The average molecular weight is 392 g/mol. The van der Waals surface area contributed by atoms with Crippen molar-refractivity contribution in [3.8, 4) is 0 Å². The summed E-state index contributed by atoms with van der Waals surface area (Å²) in [5, 5.41) is -0.156. The van der Waals surface area contributed by atoms with Crippen LogP contribution in [0.1, 0.15) is 32.3 Å². The lowest BCUT2D eigenvalue weighted by atomic mass is 9.95. The molecule has 1 aromatic carbocycles. The van der Waals surface area contributed by atoms with Gasteiger partial charge in [-0.1, -0.05) is 55.6 Å². The van der Waals surface area contributed by atoms with Crippen molar-refractivity contribution in [3.63, 3.8) is 0 Å². The highest BCUT2D eigenvalue weighted by molar-refractivity contribution is 8.39. The van der Waals surface area contributed by atoms with Crippen LogP contribution in [0, 0.1) is 11.8 Å². The van der Waals surface area contributed by atoms with Crippen molar-refractivity contribution >= 4 is 45.4 Å². The normalized spacial score (nSPS) is 19.0. The van der Waals surface area contributed by atoms with E-state index in [-0.39, 0.29) is 28.9 Å². The first-order valence-corrected chi connectivity index (χ1v) is 10.9. The van der Waals surface area contributed by atoms with Crippen LogP contribution >= 0.6 is 23.5 Å². The van der Waals surface area contributed by atoms with Crippen molar-refractivity contribution in [3.05, 3.63) is 29.8 Å². The summed E-state index contributed by atoms with van der Waals surface area (Å²) in [6.07, 6.45) is 1.33. The predicted octanol–water partition coefficient (Wildman–Crippen LogP) is 3.40. The number of piperidine rings is 1. The minimum absolute atomic E-state index is 0.0982. The second-order valence-electron chi connectivity index (χ2n) is 7.08. The zero-order valence-corrected chi connectivity index (χ0v) is 16.8. The van der Waals surface area contributed by atoms with Crippen LogP contribution in [0.25, 0.3) is 0 Å². The Bertz CT molecular complexity index is 712. The zero-order chi connectivity index (χ0) is 18.7. The lowest BCUT2D eigenvalue weighted by molar-refractivity contribution is -0.134. The summed E-state index contributed by atoms with van der Waals surface area (Å²) in [6, 6.07) is 8.15. The number of nitrogens with two attached hydrogens (primary N) is 1. The fraction of sp³-hybridized carbons (Fsp3) is 0.526. The van der Waals surface area contributed by atoms with Gasteiger partial charge in [-0.3, -0.25) is 9.59 Å². The number of carbonyl (C=O) groups excluding carboxylic acids is 2. The molecule has 1 unspecified atom stereocenters. The second-order valence-corrected chi connectivity index (χ2v) is 9.43. The third-order valence-electron chi connectivity index (χ3n) is 4.84. The molecule has 2 N–H and O–H groups in total. The Morgan fingerprint density at radius 2 is 1.96 bits per heavy atom. The number of benzene rings is 1. The van der Waals surface area contributed by atoms with Crippen molar-refractivity contribution in [2.24, 2.45) is 22.6 Å². The molecule has 5 nitrogen and oxygen atoms in total. The molecule has 3 rings (SSSR count). The van der Waals surface area contributed by atoms with Gasteiger partial charge in [-0.15, -0.1) is 0 Å². The van der Waals surface area contributed by atoms with Gasteiger partial charge >= 0.3 is 0 Å². The molecule has 140 valence electrons. The first-order chi connectivity index (χ1) is 12.5. The molecule has 1 atom stereocenters. The number of hydrogen-bond acceptors (Lipinski definition) is 5. The fourth-order valence-corrected chi connectivity index (χ4v) is 5.55. The molecule has 0 spiro atoms. The third kappa shape index (κ3) is 4.43. The van der Waals surface area contributed by atoms with Crippen LogP contribution in [0.3, 0.4) is 0 Å². The minimum atomic E-state index is -0.251. The van der Waals surface area contributed by atoms with Gasteiger partial charge in [0, 0.05) is 24.8 Å². The van der Waals surface area contributed by atoms with E-state index in [2.05, 4.69) is 19.9 Å². The summed E-state index contributed by atoms with van der Waals surface area (Å²) in [5.74, 6) is 0.903. The van der Waals surface area contributed by atoms with Crippen LogP contribution in [-0.4, -0.2) is 39.4 Å². The Balaban J connectivity index is 1.67. The number of para-hydroxylation sites is 1. The highest BCUT2D eigenvalue weighted by Gasteiger charge is 2.33. The monoisotopic (exact) mass is 391 g/mol. The van der Waals surface area contributed by atoms with Crippen molar-refractivity contribution in [1.29, 1.82) is 0 Å². The number of thioether (sulfide) groups is 2. The molecule has 2 aliphatic rings. The maximum absolute atomic E-state index is 13.1. The third-order valence-corrected chi connectivity index (χ3v) is 7.57. The maximum atomic E-state index is 13.1. The predicted molar refractivity (Wildman–Crippen MR) is 110 cm³/mol. The van der Waals surface area contributed by atoms with Gasteiger partial charge in [0.05, 0.1) is 10.9 Å². The molecule has 0 saturated carbocycles. The molecule has 1 aromatic rings. The second kappa shape index (κ2) is 8.48. The molecular weight excluding hydrogens is 366 g/mol. The molecule has 0 aromatic heterocycles. The van der Waals surface area contributed by atoms with Crippen molar-refractivity contribution < 1.29 is 9.59 Å². The number of nitrogens with zero attached hydrogens (tertiary/aromatic N) is 2. The number of hydrogen-bond donors (Lipinski definition) is 1. The molecule has 2 heterocycles. The van der Waals surface area contributed by atoms with Crippen LogP contribution in [-0.2, 0) is 15.3 Å². The largest absolute Gasteiger partial charge is 0.369 e. The maximum Gasteiger partial charge on any atom is 0.236 e. The molecule has 2 aliphatic heterocycles. The molecule has 2 amide bonds. The van der Waals surface area contributed by atoms with Gasteiger partial charge in [0.1, 0.15) is 4.38 Å². The zero-order valence-electron chi connectivity index (χ0n) is 15.2. The Hall–Kier alpha value is -1.47. The smallest absolute Gasteiger partial charge is 0.236 e. The van der Waals surface area contributed by atoms with Crippen LogP contribution in [0.4, 0.5) is 5.69 Å². The first-order valence-electron chi connectivity index (χ1n) is 9.00. The van der Waals surface area contributed by atoms with E-state index in [0.29, 0.717) is 25.9 Å². The Morgan fingerprint density at radius 1 is 1.27 bits per heavy atom. The molecule has 0 bridgehead atoms.